The number of alkyl halides is 12. The average Bonchev–Trinajstić information content (AvgIpc) is 2.79. The van der Waals surface area contributed by atoms with Crippen LogP contribution >= 0.6 is 0 Å². The van der Waals surface area contributed by atoms with Crippen molar-refractivity contribution in [2.24, 2.45) is 0 Å². The van der Waals surface area contributed by atoms with Gasteiger partial charge in [0.2, 0.25) is 0 Å². The molecule has 0 nitrogen and oxygen atoms in total. The maximum absolute atomic E-state index is 13.3. The minimum absolute atomic E-state index is 0.00399. The molecule has 3 rings (SSSR count). The normalized spacial score (nSPS) is 13.6. The molecule has 0 saturated carbocycles. The monoisotopic (exact) mass is 554 g/mol. The largest absolute Gasteiger partial charge is 0.417 e. The van der Waals surface area contributed by atoms with Crippen molar-refractivity contribution < 1.29 is 52.7 Å². The summed E-state index contributed by atoms with van der Waals surface area (Å²) in [5.41, 5.74) is -6.28. The summed E-state index contributed by atoms with van der Waals surface area (Å²) in [6.07, 6.45) is -15.7. The second-order valence-corrected chi connectivity index (χ2v) is 7.93. The van der Waals surface area contributed by atoms with E-state index in [1.165, 1.54) is 36.4 Å². The van der Waals surface area contributed by atoms with Crippen molar-refractivity contribution in [1.29, 1.82) is 0 Å². The quantitative estimate of drug-likeness (QED) is 0.222. The fourth-order valence-electron chi connectivity index (χ4n) is 3.34. The van der Waals surface area contributed by atoms with Gasteiger partial charge < -0.3 is 0 Å². The minimum Gasteiger partial charge on any atom is -0.166 e. The molecule has 0 aromatic heterocycles. The SMILES string of the molecule is FC(F)(F)c1ccc(/C=C/c2ccc(/C=C/c3ccc(C(F)(F)F)cc3C(F)(F)F)cc2)c(C(F)(F)F)c1. The predicted molar refractivity (Wildman–Crippen MR) is 117 cm³/mol. The second-order valence-electron chi connectivity index (χ2n) is 7.93. The lowest BCUT2D eigenvalue weighted by atomic mass is 10.0. The van der Waals surface area contributed by atoms with E-state index in [1.54, 1.807) is 0 Å². The average molecular weight is 554 g/mol. The third-order valence-electron chi connectivity index (χ3n) is 5.22. The lowest BCUT2D eigenvalue weighted by Gasteiger charge is -2.14. The van der Waals surface area contributed by atoms with Gasteiger partial charge in [0.25, 0.3) is 0 Å². The Morgan fingerprint density at radius 3 is 0.947 bits per heavy atom. The van der Waals surface area contributed by atoms with Crippen molar-refractivity contribution in [1.82, 2.24) is 0 Å². The van der Waals surface area contributed by atoms with Gasteiger partial charge in [-0.15, -0.1) is 0 Å². The molecule has 0 radical (unpaired) electrons. The predicted octanol–water partition coefficient (Wildman–Crippen LogP) is 10.1. The molecule has 3 aromatic rings. The van der Waals surface area contributed by atoms with Crippen LogP contribution in [0, 0.1) is 0 Å². The van der Waals surface area contributed by atoms with Crippen LogP contribution in [0.25, 0.3) is 24.3 Å². The van der Waals surface area contributed by atoms with Crippen molar-refractivity contribution in [3.8, 4) is 0 Å². The number of rotatable bonds is 4. The van der Waals surface area contributed by atoms with E-state index in [0.29, 0.717) is 35.4 Å². The van der Waals surface area contributed by atoms with Crippen LogP contribution < -0.4 is 0 Å². The summed E-state index contributed by atoms with van der Waals surface area (Å²) >= 11 is 0. The summed E-state index contributed by atoms with van der Waals surface area (Å²) in [6.45, 7) is 0. The molecule has 3 aromatic carbocycles. The molecule has 0 heterocycles. The van der Waals surface area contributed by atoms with E-state index in [1.807, 2.05) is 0 Å². The fourth-order valence-corrected chi connectivity index (χ4v) is 3.34. The Labute approximate surface area is 207 Å². The zero-order valence-electron chi connectivity index (χ0n) is 18.6. The Bertz CT molecular complexity index is 1230. The van der Waals surface area contributed by atoms with Crippen molar-refractivity contribution in [3.63, 3.8) is 0 Å². The number of benzene rings is 3. The molecule has 0 N–H and O–H groups in total. The van der Waals surface area contributed by atoms with Gasteiger partial charge in [0.05, 0.1) is 22.3 Å². The zero-order chi connectivity index (χ0) is 28.5. The summed E-state index contributed by atoms with van der Waals surface area (Å²) in [4.78, 5) is 0. The molecular weight excluding hydrogens is 540 g/mol. The van der Waals surface area contributed by atoms with E-state index in [9.17, 15) is 52.7 Å². The maximum Gasteiger partial charge on any atom is 0.417 e. The molecule has 0 aliphatic rings. The van der Waals surface area contributed by atoms with Crippen LogP contribution in [0.5, 0.6) is 0 Å². The second kappa shape index (κ2) is 10.2. The van der Waals surface area contributed by atoms with Crippen LogP contribution in [0.4, 0.5) is 52.7 Å². The van der Waals surface area contributed by atoms with Gasteiger partial charge in [0.15, 0.2) is 0 Å². The molecule has 12 heteroatoms. The van der Waals surface area contributed by atoms with Crippen molar-refractivity contribution in [3.05, 3.63) is 105 Å². The Balaban J connectivity index is 1.85. The molecule has 38 heavy (non-hydrogen) atoms. The van der Waals surface area contributed by atoms with Crippen LogP contribution in [-0.4, -0.2) is 0 Å². The molecule has 0 fully saturated rings. The first-order valence-corrected chi connectivity index (χ1v) is 10.4. The summed E-state index contributed by atoms with van der Waals surface area (Å²) in [7, 11) is 0. The summed E-state index contributed by atoms with van der Waals surface area (Å²) in [5, 5.41) is 0. The van der Waals surface area contributed by atoms with Crippen molar-refractivity contribution in [2.75, 3.05) is 0 Å². The van der Waals surface area contributed by atoms with Crippen molar-refractivity contribution >= 4 is 24.3 Å². The molecule has 202 valence electrons. The number of halogens is 12. The molecule has 0 unspecified atom stereocenters. The minimum atomic E-state index is -5.05. The Kier molecular flexibility index (Phi) is 7.76. The maximum atomic E-state index is 13.3. The molecule has 0 bridgehead atoms. The highest BCUT2D eigenvalue weighted by Gasteiger charge is 2.38. The molecule has 0 amide bonds. The van der Waals surface area contributed by atoms with Crippen molar-refractivity contribution in [2.45, 2.75) is 24.7 Å². The molecule has 0 aliphatic heterocycles. The van der Waals surface area contributed by atoms with Gasteiger partial charge in [-0.3, -0.25) is 0 Å². The summed E-state index contributed by atoms with van der Waals surface area (Å²) in [5.74, 6) is 0. The van der Waals surface area contributed by atoms with E-state index in [-0.39, 0.29) is 12.1 Å². The third-order valence-corrected chi connectivity index (χ3v) is 5.22. The van der Waals surface area contributed by atoms with Gasteiger partial charge >= 0.3 is 24.7 Å². The Morgan fingerprint density at radius 1 is 0.368 bits per heavy atom. The first-order chi connectivity index (χ1) is 17.4. The van der Waals surface area contributed by atoms with E-state index in [4.69, 9.17) is 0 Å². The zero-order valence-corrected chi connectivity index (χ0v) is 18.6. The first-order valence-electron chi connectivity index (χ1n) is 10.4. The first kappa shape index (κ1) is 28.9. The molecule has 0 saturated heterocycles. The van der Waals surface area contributed by atoms with Gasteiger partial charge in [-0.05, 0) is 46.5 Å². The smallest absolute Gasteiger partial charge is 0.166 e. The highest BCUT2D eigenvalue weighted by atomic mass is 19.4. The van der Waals surface area contributed by atoms with Gasteiger partial charge in [0, 0.05) is 0 Å². The number of hydrogen-bond acceptors (Lipinski definition) is 0. The van der Waals surface area contributed by atoms with E-state index >= 15 is 0 Å². The lowest BCUT2D eigenvalue weighted by molar-refractivity contribution is -0.144. The molecule has 0 spiro atoms. The molecule has 0 aliphatic carbocycles. The van der Waals surface area contributed by atoms with Gasteiger partial charge in [0.1, 0.15) is 0 Å². The highest BCUT2D eigenvalue weighted by molar-refractivity contribution is 5.75. The fraction of sp³-hybridized carbons (Fsp3) is 0.154. The van der Waals surface area contributed by atoms with Gasteiger partial charge in [-0.25, -0.2) is 0 Å². The van der Waals surface area contributed by atoms with Gasteiger partial charge in [-0.1, -0.05) is 60.7 Å². The lowest BCUT2D eigenvalue weighted by Crippen LogP contribution is -2.12. The van der Waals surface area contributed by atoms with Crippen LogP contribution in [0.2, 0.25) is 0 Å². The van der Waals surface area contributed by atoms with E-state index < -0.39 is 58.1 Å². The van der Waals surface area contributed by atoms with Crippen LogP contribution in [0.1, 0.15) is 44.5 Å². The number of hydrogen-bond donors (Lipinski definition) is 0. The van der Waals surface area contributed by atoms with Crippen LogP contribution in [-0.2, 0) is 24.7 Å². The molecule has 0 atom stereocenters. The Morgan fingerprint density at radius 2 is 0.684 bits per heavy atom. The molecular formula is C26H14F12. The highest BCUT2D eigenvalue weighted by Crippen LogP contribution is 2.39. The van der Waals surface area contributed by atoms with E-state index in [0.717, 1.165) is 12.2 Å². The Hall–Kier alpha value is -3.70. The van der Waals surface area contributed by atoms with Gasteiger partial charge in [-0.2, -0.15) is 52.7 Å². The van der Waals surface area contributed by atoms with Crippen LogP contribution in [0.3, 0.4) is 0 Å². The summed E-state index contributed by atoms with van der Waals surface area (Å²) in [6, 6.07) is 7.92. The standard InChI is InChI=1S/C26H14F12/c27-23(28,29)19-11-9-17(21(13-19)25(33,34)35)7-5-15-1-2-16(4-3-15)6-8-18-10-12-20(24(30,31)32)14-22(18)26(36,37)38/h1-14H/b7-5+,8-6+. The van der Waals surface area contributed by atoms with Crippen LogP contribution in [0.15, 0.2) is 60.7 Å². The van der Waals surface area contributed by atoms with E-state index in [2.05, 4.69) is 0 Å². The summed E-state index contributed by atoms with van der Waals surface area (Å²) < 4.78 is 156. The topological polar surface area (TPSA) is 0 Å². The third kappa shape index (κ3) is 7.20.